The summed E-state index contributed by atoms with van der Waals surface area (Å²) in [5, 5.41) is 8.54. The summed E-state index contributed by atoms with van der Waals surface area (Å²) in [6.45, 7) is 1.49. The second-order valence-corrected chi connectivity index (χ2v) is 5.43. The fourth-order valence-corrected chi connectivity index (χ4v) is 2.07. The van der Waals surface area contributed by atoms with Gasteiger partial charge in [-0.1, -0.05) is 5.16 Å². The Labute approximate surface area is 143 Å². The van der Waals surface area contributed by atoms with Gasteiger partial charge in [0, 0.05) is 24.5 Å². The Morgan fingerprint density at radius 1 is 1.12 bits per heavy atom. The van der Waals surface area contributed by atoms with Crippen LogP contribution in [0.3, 0.4) is 0 Å². The largest absolute Gasteiger partial charge is 0.360 e. The van der Waals surface area contributed by atoms with Gasteiger partial charge in [-0.25, -0.2) is 4.39 Å². The summed E-state index contributed by atoms with van der Waals surface area (Å²) in [6.07, 6.45) is 0.624. The molecule has 2 N–H and O–H groups in total. The molecule has 0 bridgehead atoms. The third-order valence-electron chi connectivity index (χ3n) is 3.32. The van der Waals surface area contributed by atoms with Gasteiger partial charge in [-0.3, -0.25) is 14.4 Å². The van der Waals surface area contributed by atoms with Crippen molar-refractivity contribution in [2.45, 2.75) is 26.2 Å². The number of aromatic nitrogens is 1. The van der Waals surface area contributed by atoms with Crippen molar-refractivity contribution in [1.82, 2.24) is 10.5 Å². The number of Topliss-reactive ketones (excluding diaryl/α,β-unsaturated/α-hetero) is 1. The maximum Gasteiger partial charge on any atom is 0.245 e. The van der Waals surface area contributed by atoms with Gasteiger partial charge in [0.05, 0.1) is 6.54 Å². The van der Waals surface area contributed by atoms with Crippen LogP contribution in [0.4, 0.5) is 10.2 Å². The Balaban J connectivity index is 1.64. The number of carbonyl (C=O) groups excluding carboxylic acids is 3. The maximum atomic E-state index is 12.8. The number of ketones is 1. The van der Waals surface area contributed by atoms with E-state index in [1.54, 1.807) is 13.0 Å². The Kier molecular flexibility index (Phi) is 6.39. The summed E-state index contributed by atoms with van der Waals surface area (Å²) in [5.41, 5.74) is 0.407. The zero-order chi connectivity index (χ0) is 18.2. The minimum Gasteiger partial charge on any atom is -0.360 e. The highest BCUT2D eigenvalue weighted by molar-refractivity contribution is 5.96. The van der Waals surface area contributed by atoms with Crippen LogP contribution in [0.5, 0.6) is 0 Å². The highest BCUT2D eigenvalue weighted by Gasteiger charge is 2.10. The Morgan fingerprint density at radius 2 is 1.84 bits per heavy atom. The van der Waals surface area contributed by atoms with Crippen molar-refractivity contribution in [2.75, 3.05) is 11.9 Å². The first-order valence-electron chi connectivity index (χ1n) is 7.72. The lowest BCUT2D eigenvalue weighted by molar-refractivity contribution is -0.124. The van der Waals surface area contributed by atoms with Gasteiger partial charge in [0.1, 0.15) is 11.6 Å². The van der Waals surface area contributed by atoms with Gasteiger partial charge in [-0.15, -0.1) is 0 Å². The van der Waals surface area contributed by atoms with E-state index in [0.717, 1.165) is 0 Å². The zero-order valence-electron chi connectivity index (χ0n) is 13.7. The SMILES string of the molecule is Cc1cc(NC(=O)CNC(=O)CCCC(=O)c2ccc(F)cc2)no1. The molecule has 0 aliphatic heterocycles. The number of carbonyl (C=O) groups is 3. The molecule has 1 heterocycles. The number of halogens is 1. The standard InChI is InChI=1S/C17H18FN3O4/c1-11-9-15(21-25-11)20-17(24)10-19-16(23)4-2-3-14(22)12-5-7-13(18)8-6-12/h5-9H,2-4,10H2,1H3,(H,19,23)(H,20,21,24). The lowest BCUT2D eigenvalue weighted by atomic mass is 10.1. The number of nitrogens with zero attached hydrogens (tertiary/aromatic N) is 1. The number of benzene rings is 1. The highest BCUT2D eigenvalue weighted by atomic mass is 19.1. The van der Waals surface area contributed by atoms with Crippen LogP contribution in [-0.4, -0.2) is 29.3 Å². The molecule has 0 unspecified atom stereocenters. The van der Waals surface area contributed by atoms with Gasteiger partial charge in [0.25, 0.3) is 0 Å². The first-order chi connectivity index (χ1) is 11.9. The number of amides is 2. The number of hydrogen-bond acceptors (Lipinski definition) is 5. The first-order valence-corrected chi connectivity index (χ1v) is 7.72. The monoisotopic (exact) mass is 347 g/mol. The van der Waals surface area contributed by atoms with Crippen molar-refractivity contribution in [3.05, 3.63) is 47.5 Å². The minimum atomic E-state index is -0.427. The van der Waals surface area contributed by atoms with Gasteiger partial charge in [0.15, 0.2) is 11.6 Å². The van der Waals surface area contributed by atoms with Crippen LogP contribution in [0.1, 0.15) is 35.4 Å². The highest BCUT2D eigenvalue weighted by Crippen LogP contribution is 2.09. The molecule has 0 atom stereocenters. The maximum absolute atomic E-state index is 12.8. The fourth-order valence-electron chi connectivity index (χ4n) is 2.07. The summed E-state index contributed by atoms with van der Waals surface area (Å²) in [4.78, 5) is 35.2. The molecule has 2 amide bonds. The molecule has 8 heteroatoms. The number of anilines is 1. The van der Waals surface area contributed by atoms with Crippen molar-refractivity contribution in [2.24, 2.45) is 0 Å². The molecule has 1 aromatic heterocycles. The summed E-state index contributed by atoms with van der Waals surface area (Å²) >= 11 is 0. The minimum absolute atomic E-state index is 0.114. The summed E-state index contributed by atoms with van der Waals surface area (Å²) in [6, 6.07) is 6.81. The van der Waals surface area contributed by atoms with E-state index >= 15 is 0 Å². The van der Waals surface area contributed by atoms with Gasteiger partial charge >= 0.3 is 0 Å². The molecule has 0 aliphatic carbocycles. The number of nitrogens with one attached hydrogen (secondary N) is 2. The van der Waals surface area contributed by atoms with Crippen LogP contribution in [0.2, 0.25) is 0 Å². The molecule has 0 spiro atoms. The van der Waals surface area contributed by atoms with Crippen LogP contribution in [-0.2, 0) is 9.59 Å². The van der Waals surface area contributed by atoms with Gasteiger partial charge in [-0.2, -0.15) is 0 Å². The van der Waals surface area contributed by atoms with Crippen LogP contribution < -0.4 is 10.6 Å². The average Bonchev–Trinajstić information content (AvgIpc) is 2.98. The molecule has 1 aromatic carbocycles. The zero-order valence-corrected chi connectivity index (χ0v) is 13.7. The van der Waals surface area contributed by atoms with Crippen molar-refractivity contribution in [3.8, 4) is 0 Å². The topological polar surface area (TPSA) is 101 Å². The van der Waals surface area contributed by atoms with E-state index in [1.807, 2.05) is 0 Å². The Bertz CT molecular complexity index is 756. The molecule has 25 heavy (non-hydrogen) atoms. The normalized spacial score (nSPS) is 10.3. The lowest BCUT2D eigenvalue weighted by Gasteiger charge is -2.05. The second-order valence-electron chi connectivity index (χ2n) is 5.43. The van der Waals surface area contributed by atoms with Crippen LogP contribution in [0, 0.1) is 12.7 Å². The van der Waals surface area contributed by atoms with Crippen molar-refractivity contribution in [1.29, 1.82) is 0 Å². The Hall–Kier alpha value is -3.03. The van der Waals surface area contributed by atoms with E-state index in [2.05, 4.69) is 15.8 Å². The molecule has 0 aliphatic rings. The van der Waals surface area contributed by atoms with Crippen molar-refractivity contribution < 1.29 is 23.3 Å². The van der Waals surface area contributed by atoms with Gasteiger partial charge in [0.2, 0.25) is 11.8 Å². The number of aryl methyl sites for hydroxylation is 1. The van der Waals surface area contributed by atoms with Crippen LogP contribution in [0.25, 0.3) is 0 Å². The smallest absolute Gasteiger partial charge is 0.245 e. The molecule has 0 fully saturated rings. The second kappa shape index (κ2) is 8.72. The number of hydrogen-bond donors (Lipinski definition) is 2. The van der Waals surface area contributed by atoms with E-state index < -0.39 is 11.7 Å². The molecular formula is C17H18FN3O4. The van der Waals surface area contributed by atoms with E-state index in [4.69, 9.17) is 4.52 Å². The number of rotatable bonds is 8. The van der Waals surface area contributed by atoms with Gasteiger partial charge < -0.3 is 15.2 Å². The van der Waals surface area contributed by atoms with E-state index in [9.17, 15) is 18.8 Å². The summed E-state index contributed by atoms with van der Waals surface area (Å²) in [7, 11) is 0. The molecule has 2 rings (SSSR count). The summed E-state index contributed by atoms with van der Waals surface area (Å²) in [5.74, 6) is -0.490. The first kappa shape index (κ1) is 18.3. The van der Waals surface area contributed by atoms with Crippen LogP contribution in [0.15, 0.2) is 34.9 Å². The molecule has 0 saturated heterocycles. The van der Waals surface area contributed by atoms with E-state index in [0.29, 0.717) is 17.7 Å². The van der Waals surface area contributed by atoms with Crippen molar-refractivity contribution >= 4 is 23.4 Å². The summed E-state index contributed by atoms with van der Waals surface area (Å²) < 4.78 is 17.6. The Morgan fingerprint density at radius 3 is 2.48 bits per heavy atom. The van der Waals surface area contributed by atoms with Gasteiger partial charge in [-0.05, 0) is 37.6 Å². The third kappa shape index (κ3) is 6.17. The molecule has 0 radical (unpaired) electrons. The molecule has 2 aromatic rings. The van der Waals surface area contributed by atoms with E-state index in [1.165, 1.54) is 24.3 Å². The molecule has 132 valence electrons. The predicted octanol–water partition coefficient (Wildman–Crippen LogP) is 2.23. The van der Waals surface area contributed by atoms with E-state index in [-0.39, 0.29) is 36.9 Å². The lowest BCUT2D eigenvalue weighted by Crippen LogP contribution is -2.32. The molecular weight excluding hydrogens is 329 g/mol. The fraction of sp³-hybridized carbons (Fsp3) is 0.294. The predicted molar refractivity (Wildman–Crippen MR) is 87.5 cm³/mol. The average molecular weight is 347 g/mol. The molecule has 0 saturated carbocycles. The van der Waals surface area contributed by atoms with Crippen molar-refractivity contribution in [3.63, 3.8) is 0 Å². The van der Waals surface area contributed by atoms with Crippen LogP contribution >= 0.6 is 0 Å². The molecule has 7 nitrogen and oxygen atoms in total. The third-order valence-corrected chi connectivity index (χ3v) is 3.32. The quantitative estimate of drug-likeness (QED) is 0.713.